The summed E-state index contributed by atoms with van der Waals surface area (Å²) in [5.74, 6) is 2.29. The number of hydrogen-bond donors (Lipinski definition) is 1. The minimum Gasteiger partial charge on any atom is -0.497 e. The molecule has 3 aromatic rings. The molecular weight excluding hydrogens is 428 g/mol. The van der Waals surface area contributed by atoms with Gasteiger partial charge in [0.15, 0.2) is 11.5 Å². The molecule has 1 N–H and O–H groups in total. The Morgan fingerprint density at radius 1 is 0.912 bits per heavy atom. The average molecular weight is 461 g/mol. The van der Waals surface area contributed by atoms with Crippen LogP contribution in [0.4, 0.5) is 0 Å². The van der Waals surface area contributed by atoms with Gasteiger partial charge in [-0.3, -0.25) is 9.69 Å². The summed E-state index contributed by atoms with van der Waals surface area (Å²) in [4.78, 5) is 15.2. The Bertz CT molecular complexity index is 1100. The number of hydrogen-bond acceptors (Lipinski definition) is 5. The summed E-state index contributed by atoms with van der Waals surface area (Å²) >= 11 is 0. The van der Waals surface area contributed by atoms with E-state index in [0.717, 1.165) is 42.1 Å². The van der Waals surface area contributed by atoms with Crippen molar-refractivity contribution in [2.45, 2.75) is 25.4 Å². The lowest BCUT2D eigenvalue weighted by atomic mass is 9.91. The molecule has 0 unspecified atom stereocenters. The number of rotatable bonds is 9. The van der Waals surface area contributed by atoms with Crippen molar-refractivity contribution in [2.75, 3.05) is 34.4 Å². The van der Waals surface area contributed by atoms with Gasteiger partial charge in [-0.2, -0.15) is 0 Å². The SMILES string of the molecule is COc1ccc(CN2CCc3cc(OC)c(OC)cc3[C@H]2CNC(=O)Cc2ccccc2)cc1. The van der Waals surface area contributed by atoms with Gasteiger partial charge in [0, 0.05) is 19.6 Å². The second-order valence-corrected chi connectivity index (χ2v) is 8.46. The molecule has 1 aliphatic rings. The van der Waals surface area contributed by atoms with Crippen LogP contribution >= 0.6 is 0 Å². The van der Waals surface area contributed by atoms with Crippen molar-refractivity contribution in [2.24, 2.45) is 0 Å². The molecule has 0 bridgehead atoms. The Hall–Kier alpha value is -3.51. The Balaban J connectivity index is 1.57. The lowest BCUT2D eigenvalue weighted by Gasteiger charge is -2.38. The number of fused-ring (bicyclic) bond motifs is 1. The quantitative estimate of drug-likeness (QED) is 0.519. The van der Waals surface area contributed by atoms with E-state index in [0.29, 0.717) is 18.7 Å². The van der Waals surface area contributed by atoms with Gasteiger partial charge in [-0.1, -0.05) is 42.5 Å². The first-order valence-corrected chi connectivity index (χ1v) is 11.5. The summed E-state index contributed by atoms with van der Waals surface area (Å²) in [6, 6.07) is 22.1. The lowest BCUT2D eigenvalue weighted by molar-refractivity contribution is -0.120. The molecule has 1 atom stereocenters. The fourth-order valence-corrected chi connectivity index (χ4v) is 4.53. The minimum absolute atomic E-state index is 0.0168. The van der Waals surface area contributed by atoms with Crippen molar-refractivity contribution >= 4 is 5.91 Å². The Morgan fingerprint density at radius 3 is 2.29 bits per heavy atom. The van der Waals surface area contributed by atoms with Gasteiger partial charge in [0.1, 0.15) is 5.75 Å². The van der Waals surface area contributed by atoms with Crippen molar-refractivity contribution in [3.63, 3.8) is 0 Å². The second kappa shape index (κ2) is 11.1. The summed E-state index contributed by atoms with van der Waals surface area (Å²) in [5, 5.41) is 3.17. The molecule has 0 saturated heterocycles. The van der Waals surface area contributed by atoms with Crippen LogP contribution in [0.2, 0.25) is 0 Å². The van der Waals surface area contributed by atoms with Gasteiger partial charge in [-0.25, -0.2) is 0 Å². The highest BCUT2D eigenvalue weighted by molar-refractivity contribution is 5.78. The van der Waals surface area contributed by atoms with Crippen molar-refractivity contribution < 1.29 is 19.0 Å². The molecule has 0 radical (unpaired) electrons. The van der Waals surface area contributed by atoms with Crippen molar-refractivity contribution in [1.82, 2.24) is 10.2 Å². The van der Waals surface area contributed by atoms with Crippen LogP contribution < -0.4 is 19.5 Å². The van der Waals surface area contributed by atoms with Gasteiger partial charge in [0.2, 0.25) is 5.91 Å². The predicted octanol–water partition coefficient (Wildman–Crippen LogP) is 4.17. The Morgan fingerprint density at radius 2 is 1.62 bits per heavy atom. The second-order valence-electron chi connectivity index (χ2n) is 8.46. The highest BCUT2D eigenvalue weighted by atomic mass is 16.5. The minimum atomic E-state index is 0.0168. The first-order valence-electron chi connectivity index (χ1n) is 11.5. The van der Waals surface area contributed by atoms with Gasteiger partial charge < -0.3 is 19.5 Å². The van der Waals surface area contributed by atoms with Crippen LogP contribution in [-0.4, -0.2) is 45.2 Å². The summed E-state index contributed by atoms with van der Waals surface area (Å²) in [7, 11) is 4.98. The zero-order valence-corrected chi connectivity index (χ0v) is 20.0. The standard InChI is InChI=1S/C28H32N2O4/c1-32-23-11-9-21(10-12-23)19-30-14-13-22-16-26(33-2)27(34-3)17-24(22)25(30)18-29-28(31)15-20-7-5-4-6-8-20/h4-12,16-17,25H,13-15,18-19H2,1-3H3,(H,29,31)/t25-/m1/s1. The molecule has 6 heteroatoms. The number of methoxy groups -OCH3 is 3. The summed E-state index contributed by atoms with van der Waals surface area (Å²) in [6.07, 6.45) is 1.27. The summed E-state index contributed by atoms with van der Waals surface area (Å²) < 4.78 is 16.4. The van der Waals surface area contributed by atoms with Crippen molar-refractivity contribution in [1.29, 1.82) is 0 Å². The van der Waals surface area contributed by atoms with Crippen LogP contribution in [0.5, 0.6) is 17.2 Å². The molecule has 0 spiro atoms. The zero-order chi connectivity index (χ0) is 23.9. The third kappa shape index (κ3) is 5.51. The normalized spacial score (nSPS) is 15.3. The number of amides is 1. The molecule has 0 aliphatic carbocycles. The van der Waals surface area contributed by atoms with Crippen molar-refractivity contribution in [3.05, 3.63) is 89.0 Å². The van der Waals surface area contributed by atoms with E-state index in [1.165, 1.54) is 11.1 Å². The maximum Gasteiger partial charge on any atom is 0.224 e. The third-order valence-electron chi connectivity index (χ3n) is 6.36. The number of nitrogens with one attached hydrogen (secondary N) is 1. The Kier molecular flexibility index (Phi) is 7.70. The molecule has 4 rings (SSSR count). The van der Waals surface area contributed by atoms with E-state index < -0.39 is 0 Å². The summed E-state index contributed by atoms with van der Waals surface area (Å²) in [6.45, 7) is 2.18. The Labute approximate surface area is 201 Å². The maximum absolute atomic E-state index is 12.7. The predicted molar refractivity (Wildman–Crippen MR) is 133 cm³/mol. The van der Waals surface area contributed by atoms with E-state index in [1.54, 1.807) is 21.3 Å². The van der Waals surface area contributed by atoms with Crippen LogP contribution in [0, 0.1) is 0 Å². The smallest absolute Gasteiger partial charge is 0.224 e. The first kappa shape index (κ1) is 23.6. The fourth-order valence-electron chi connectivity index (χ4n) is 4.53. The average Bonchev–Trinajstić information content (AvgIpc) is 2.88. The molecule has 0 fully saturated rings. The van der Waals surface area contributed by atoms with Gasteiger partial charge in [0.05, 0.1) is 33.8 Å². The van der Waals surface area contributed by atoms with E-state index >= 15 is 0 Å². The zero-order valence-electron chi connectivity index (χ0n) is 20.0. The molecule has 1 aliphatic heterocycles. The fraction of sp³-hybridized carbons (Fsp3) is 0.321. The van der Waals surface area contributed by atoms with E-state index in [1.807, 2.05) is 42.5 Å². The monoisotopic (exact) mass is 460 g/mol. The first-order chi connectivity index (χ1) is 16.6. The van der Waals surface area contributed by atoms with Crippen LogP contribution in [0.15, 0.2) is 66.7 Å². The van der Waals surface area contributed by atoms with E-state index in [-0.39, 0.29) is 11.9 Å². The van der Waals surface area contributed by atoms with E-state index in [2.05, 4.69) is 34.5 Å². The molecule has 178 valence electrons. The number of carbonyl (C=O) groups excluding carboxylic acids is 1. The lowest BCUT2D eigenvalue weighted by Crippen LogP contribution is -2.42. The van der Waals surface area contributed by atoms with Crippen molar-refractivity contribution in [3.8, 4) is 17.2 Å². The summed E-state index contributed by atoms with van der Waals surface area (Å²) in [5.41, 5.74) is 4.60. The highest BCUT2D eigenvalue weighted by Gasteiger charge is 2.29. The van der Waals surface area contributed by atoms with E-state index in [9.17, 15) is 4.79 Å². The number of nitrogens with zero attached hydrogens (tertiary/aromatic N) is 1. The molecular formula is C28H32N2O4. The molecule has 0 aromatic heterocycles. The van der Waals surface area contributed by atoms with Crippen LogP contribution in [0.1, 0.15) is 28.3 Å². The number of ether oxygens (including phenoxy) is 3. The van der Waals surface area contributed by atoms with Crippen LogP contribution in [-0.2, 0) is 24.2 Å². The third-order valence-corrected chi connectivity index (χ3v) is 6.36. The largest absolute Gasteiger partial charge is 0.497 e. The van der Waals surface area contributed by atoms with Gasteiger partial charge >= 0.3 is 0 Å². The molecule has 34 heavy (non-hydrogen) atoms. The topological polar surface area (TPSA) is 60.0 Å². The van der Waals surface area contributed by atoms with Gasteiger partial charge in [-0.05, 0) is 52.9 Å². The van der Waals surface area contributed by atoms with Gasteiger partial charge in [-0.15, -0.1) is 0 Å². The maximum atomic E-state index is 12.7. The number of benzene rings is 3. The van der Waals surface area contributed by atoms with Crippen LogP contribution in [0.25, 0.3) is 0 Å². The van der Waals surface area contributed by atoms with Gasteiger partial charge in [0.25, 0.3) is 0 Å². The molecule has 6 nitrogen and oxygen atoms in total. The van der Waals surface area contributed by atoms with E-state index in [4.69, 9.17) is 14.2 Å². The molecule has 0 saturated carbocycles. The number of carbonyl (C=O) groups is 1. The molecule has 3 aromatic carbocycles. The molecule has 1 heterocycles. The highest BCUT2D eigenvalue weighted by Crippen LogP contribution is 2.38. The molecule has 1 amide bonds. The van der Waals surface area contributed by atoms with Crippen LogP contribution in [0.3, 0.4) is 0 Å².